The lowest BCUT2D eigenvalue weighted by Crippen LogP contribution is -2.50. The second-order valence-electron chi connectivity index (χ2n) is 5.11. The third kappa shape index (κ3) is 4.40. The molecule has 3 nitrogen and oxygen atoms in total. The molecule has 0 aliphatic carbocycles. The Morgan fingerprint density at radius 2 is 1.81 bits per heavy atom. The van der Waals surface area contributed by atoms with Gasteiger partial charge in [-0.2, -0.15) is 0 Å². The monoisotopic (exact) mass is 230 g/mol. The van der Waals surface area contributed by atoms with Gasteiger partial charge in [0.15, 0.2) is 0 Å². The molecule has 3 unspecified atom stereocenters. The average Bonchev–Trinajstić information content (AvgIpc) is 2.29. The summed E-state index contributed by atoms with van der Waals surface area (Å²) in [5, 5.41) is 12.6. The first-order chi connectivity index (χ1) is 7.44. The van der Waals surface area contributed by atoms with Gasteiger partial charge in [0.2, 0.25) is 0 Å². The molecule has 0 aromatic rings. The number of nitrogens with one attached hydrogen (secondary N) is 1. The van der Waals surface area contributed by atoms with Crippen molar-refractivity contribution < 1.29 is 5.11 Å². The van der Waals surface area contributed by atoms with Crippen molar-refractivity contribution in [2.45, 2.75) is 65.1 Å². The van der Waals surface area contributed by atoms with Crippen molar-refractivity contribution in [3.05, 3.63) is 0 Å². The average molecular weight is 230 g/mol. The van der Waals surface area contributed by atoms with Crippen molar-refractivity contribution in [3.8, 4) is 0 Å². The predicted octanol–water partition coefficient (Wildman–Crippen LogP) is 1.86. The second kappa shape index (κ2) is 7.25. The molecule has 0 bridgehead atoms. The first-order valence-electron chi connectivity index (χ1n) is 6.49. The molecule has 0 fully saturated rings. The van der Waals surface area contributed by atoms with E-state index >= 15 is 0 Å². The molecule has 0 aliphatic heterocycles. The van der Waals surface area contributed by atoms with Crippen LogP contribution < -0.4 is 5.32 Å². The fourth-order valence-corrected chi connectivity index (χ4v) is 2.31. The summed E-state index contributed by atoms with van der Waals surface area (Å²) in [7, 11) is 1.92. The third-order valence-electron chi connectivity index (χ3n) is 3.79. The molecular weight excluding hydrogens is 200 g/mol. The van der Waals surface area contributed by atoms with Crippen molar-refractivity contribution in [1.29, 1.82) is 0 Å². The molecule has 3 heteroatoms. The van der Waals surface area contributed by atoms with E-state index in [4.69, 9.17) is 0 Å². The number of hydrogen-bond donors (Lipinski definition) is 2. The molecule has 0 heterocycles. The Hall–Kier alpha value is -0.120. The zero-order chi connectivity index (χ0) is 12.8. The van der Waals surface area contributed by atoms with Gasteiger partial charge in [0.25, 0.3) is 0 Å². The van der Waals surface area contributed by atoms with Crippen LogP contribution in [0.4, 0.5) is 0 Å². The van der Waals surface area contributed by atoms with E-state index < -0.39 is 0 Å². The maximum atomic E-state index is 9.40. The van der Waals surface area contributed by atoms with Crippen molar-refractivity contribution in [1.82, 2.24) is 10.2 Å². The quantitative estimate of drug-likeness (QED) is 0.668. The van der Waals surface area contributed by atoms with E-state index in [9.17, 15) is 5.11 Å². The second-order valence-corrected chi connectivity index (χ2v) is 5.11. The van der Waals surface area contributed by atoms with Gasteiger partial charge < -0.3 is 10.4 Å². The van der Waals surface area contributed by atoms with Crippen molar-refractivity contribution in [2.75, 3.05) is 20.2 Å². The predicted molar refractivity (Wildman–Crippen MR) is 70.8 cm³/mol. The van der Waals surface area contributed by atoms with Crippen molar-refractivity contribution >= 4 is 0 Å². The molecule has 0 amide bonds. The number of rotatable bonds is 8. The summed E-state index contributed by atoms with van der Waals surface area (Å²) < 4.78 is 0. The van der Waals surface area contributed by atoms with Crippen LogP contribution in [0.2, 0.25) is 0 Å². The summed E-state index contributed by atoms with van der Waals surface area (Å²) in [4.78, 5) is 2.51. The minimum atomic E-state index is -0.166. The highest BCUT2D eigenvalue weighted by Crippen LogP contribution is 2.18. The Kier molecular flexibility index (Phi) is 7.20. The number of hydrogen-bond acceptors (Lipinski definition) is 3. The minimum absolute atomic E-state index is 0.166. The molecule has 3 atom stereocenters. The van der Waals surface area contributed by atoms with Crippen LogP contribution >= 0.6 is 0 Å². The summed E-state index contributed by atoms with van der Waals surface area (Å²) >= 11 is 0. The maximum Gasteiger partial charge on any atom is 0.0611 e. The highest BCUT2D eigenvalue weighted by Gasteiger charge is 2.27. The Bertz CT molecular complexity index is 181. The van der Waals surface area contributed by atoms with Gasteiger partial charge in [-0.1, -0.05) is 13.8 Å². The lowest BCUT2D eigenvalue weighted by Gasteiger charge is -2.38. The molecule has 0 saturated carbocycles. The highest BCUT2D eigenvalue weighted by molar-refractivity contribution is 4.86. The van der Waals surface area contributed by atoms with Gasteiger partial charge in [0.1, 0.15) is 0 Å². The topological polar surface area (TPSA) is 35.5 Å². The lowest BCUT2D eigenvalue weighted by atomic mass is 9.93. The van der Waals surface area contributed by atoms with Crippen molar-refractivity contribution in [2.24, 2.45) is 0 Å². The van der Waals surface area contributed by atoms with Crippen LogP contribution in [0.1, 0.15) is 47.5 Å². The van der Waals surface area contributed by atoms with Crippen molar-refractivity contribution in [3.63, 3.8) is 0 Å². The van der Waals surface area contributed by atoms with Gasteiger partial charge in [0, 0.05) is 17.6 Å². The molecule has 16 heavy (non-hydrogen) atoms. The number of aliphatic hydroxyl groups is 1. The number of nitrogens with zero attached hydrogens (tertiary/aromatic N) is 1. The van der Waals surface area contributed by atoms with E-state index in [2.05, 4.69) is 44.8 Å². The van der Waals surface area contributed by atoms with Crippen LogP contribution in [0.15, 0.2) is 0 Å². The van der Waals surface area contributed by atoms with E-state index in [1.807, 2.05) is 7.05 Å². The summed E-state index contributed by atoms with van der Waals surface area (Å²) in [5.41, 5.74) is -0.166. The van der Waals surface area contributed by atoms with E-state index in [-0.39, 0.29) is 12.1 Å². The molecule has 2 N–H and O–H groups in total. The highest BCUT2D eigenvalue weighted by atomic mass is 16.3. The zero-order valence-corrected chi connectivity index (χ0v) is 11.9. The lowest BCUT2D eigenvalue weighted by molar-refractivity contribution is 0.0983. The van der Waals surface area contributed by atoms with E-state index in [0.717, 1.165) is 13.0 Å². The maximum absolute atomic E-state index is 9.40. The van der Waals surface area contributed by atoms with Gasteiger partial charge in [0.05, 0.1) is 6.61 Å². The van der Waals surface area contributed by atoms with Crippen LogP contribution in [-0.4, -0.2) is 47.8 Å². The van der Waals surface area contributed by atoms with E-state index in [1.54, 1.807) is 0 Å². The van der Waals surface area contributed by atoms with Gasteiger partial charge in [-0.25, -0.2) is 0 Å². The smallest absolute Gasteiger partial charge is 0.0611 e. The fraction of sp³-hybridized carbons (Fsp3) is 1.00. The Morgan fingerprint density at radius 3 is 2.12 bits per heavy atom. The molecule has 0 spiro atoms. The van der Waals surface area contributed by atoms with Crippen LogP contribution in [0.3, 0.4) is 0 Å². The third-order valence-corrected chi connectivity index (χ3v) is 3.79. The molecule has 0 aromatic heterocycles. The largest absolute Gasteiger partial charge is 0.394 e. The zero-order valence-electron chi connectivity index (χ0n) is 11.9. The summed E-state index contributed by atoms with van der Waals surface area (Å²) in [6.45, 7) is 12.3. The van der Waals surface area contributed by atoms with Crippen LogP contribution in [0.25, 0.3) is 0 Å². The Morgan fingerprint density at radius 1 is 1.25 bits per heavy atom. The van der Waals surface area contributed by atoms with Gasteiger partial charge in [-0.15, -0.1) is 0 Å². The van der Waals surface area contributed by atoms with Gasteiger partial charge >= 0.3 is 0 Å². The number of likely N-dealkylation sites (N-methyl/N-ethyl adjacent to an activating group) is 1. The summed E-state index contributed by atoms with van der Waals surface area (Å²) in [6, 6.07) is 1.10. The SMILES string of the molecule is CCC(C)N(CC)C(C)CC(C)(CO)NC. The molecule has 0 aliphatic rings. The molecule has 0 rings (SSSR count). The molecule has 0 radical (unpaired) electrons. The summed E-state index contributed by atoms with van der Waals surface area (Å²) in [6.07, 6.45) is 2.14. The normalized spacial score (nSPS) is 19.5. The minimum Gasteiger partial charge on any atom is -0.394 e. The molecule has 98 valence electrons. The van der Waals surface area contributed by atoms with Crippen LogP contribution in [-0.2, 0) is 0 Å². The number of aliphatic hydroxyl groups excluding tert-OH is 1. The first-order valence-corrected chi connectivity index (χ1v) is 6.49. The Balaban J connectivity index is 4.46. The molecule has 0 aromatic carbocycles. The fourth-order valence-electron chi connectivity index (χ4n) is 2.31. The van der Waals surface area contributed by atoms with E-state index in [1.165, 1.54) is 6.42 Å². The summed E-state index contributed by atoms with van der Waals surface area (Å²) in [5.74, 6) is 0. The van der Waals surface area contributed by atoms with Gasteiger partial charge in [-0.05, 0) is 47.2 Å². The van der Waals surface area contributed by atoms with Crippen LogP contribution in [0, 0.1) is 0 Å². The first kappa shape index (κ1) is 15.9. The molecule has 0 saturated heterocycles. The van der Waals surface area contributed by atoms with Crippen LogP contribution in [0.5, 0.6) is 0 Å². The van der Waals surface area contributed by atoms with E-state index in [0.29, 0.717) is 12.1 Å². The standard InChI is InChI=1S/C13H30N2O/c1-7-11(3)15(8-2)12(4)9-13(5,10-16)14-6/h11-12,14,16H,7-10H2,1-6H3. The molecular formula is C13H30N2O. The Labute approximate surface area is 101 Å². The van der Waals surface area contributed by atoms with Gasteiger partial charge in [-0.3, -0.25) is 4.90 Å².